The van der Waals surface area contributed by atoms with Crippen LogP contribution in [0.1, 0.15) is 30.5 Å². The molecule has 30 heavy (non-hydrogen) atoms. The van der Waals surface area contributed by atoms with Crippen molar-refractivity contribution < 1.29 is 5.11 Å². The van der Waals surface area contributed by atoms with E-state index >= 15 is 0 Å². The van der Waals surface area contributed by atoms with Gasteiger partial charge < -0.3 is 15.3 Å². The normalized spacial score (nSPS) is 19.4. The molecule has 6 heteroatoms. The molecule has 2 fully saturated rings. The van der Waals surface area contributed by atoms with Gasteiger partial charge in [-0.05, 0) is 55.0 Å². The number of hydrogen-bond acceptors (Lipinski definition) is 5. The highest BCUT2D eigenvalue weighted by Gasteiger charge is 2.43. The van der Waals surface area contributed by atoms with Gasteiger partial charge in [0.15, 0.2) is 0 Å². The van der Waals surface area contributed by atoms with E-state index in [2.05, 4.69) is 28.4 Å². The maximum absolute atomic E-state index is 10.4. The summed E-state index contributed by atoms with van der Waals surface area (Å²) in [6.07, 6.45) is 5.62. The van der Waals surface area contributed by atoms with Crippen molar-refractivity contribution in [1.29, 1.82) is 0 Å². The first kappa shape index (κ1) is 19.6. The first-order chi connectivity index (χ1) is 14.2. The zero-order valence-corrected chi connectivity index (χ0v) is 17.8. The lowest BCUT2D eigenvalue weighted by Gasteiger charge is -2.39. The number of nitrogens with zero attached hydrogens (tertiary/aromatic N) is 3. The Kier molecular flexibility index (Phi) is 4.83. The number of rotatable bonds is 2. The second-order valence-electron chi connectivity index (χ2n) is 8.99. The van der Waals surface area contributed by atoms with Crippen LogP contribution in [-0.4, -0.2) is 41.3 Å². The Morgan fingerprint density at radius 3 is 2.67 bits per heavy atom. The van der Waals surface area contributed by atoms with Crippen molar-refractivity contribution in [3.63, 3.8) is 0 Å². The molecule has 3 aromatic rings. The number of fused-ring (bicyclic) bond motifs is 2. The van der Waals surface area contributed by atoms with Crippen molar-refractivity contribution in [1.82, 2.24) is 15.3 Å². The van der Waals surface area contributed by atoms with E-state index in [-0.39, 0.29) is 12.4 Å². The van der Waals surface area contributed by atoms with Crippen molar-refractivity contribution in [2.24, 2.45) is 5.41 Å². The molecule has 0 unspecified atom stereocenters. The second-order valence-corrected chi connectivity index (χ2v) is 8.99. The highest BCUT2D eigenvalue weighted by molar-refractivity contribution is 5.97. The Labute approximate surface area is 182 Å². The minimum Gasteiger partial charge on any atom is -0.508 e. The third-order valence-electron chi connectivity index (χ3n) is 6.99. The largest absolute Gasteiger partial charge is 0.508 e. The maximum Gasteiger partial charge on any atom is 0.226 e. The van der Waals surface area contributed by atoms with Crippen LogP contribution in [0.25, 0.3) is 22.0 Å². The van der Waals surface area contributed by atoms with Crippen molar-refractivity contribution in [2.75, 3.05) is 31.1 Å². The van der Waals surface area contributed by atoms with Gasteiger partial charge in [0.25, 0.3) is 0 Å². The molecule has 0 saturated carbocycles. The Morgan fingerprint density at radius 2 is 1.87 bits per heavy atom. The fourth-order valence-corrected chi connectivity index (χ4v) is 5.31. The molecule has 0 amide bonds. The SMILES string of the molecule is Cl.Oc1cc(-c2nc(N3CCC4(CNC4)C3)nc3c2CCCC3)c2ccccc2c1. The average Bonchev–Trinajstić information content (AvgIpc) is 3.19. The predicted molar refractivity (Wildman–Crippen MR) is 123 cm³/mol. The third kappa shape index (κ3) is 3.12. The molecule has 0 atom stereocenters. The molecule has 1 spiro atoms. The fraction of sp³-hybridized carbons (Fsp3) is 0.417. The number of phenols is 1. The molecule has 0 bridgehead atoms. The van der Waals surface area contributed by atoms with Crippen molar-refractivity contribution in [3.05, 3.63) is 47.7 Å². The highest BCUT2D eigenvalue weighted by Crippen LogP contribution is 2.40. The highest BCUT2D eigenvalue weighted by atomic mass is 35.5. The van der Waals surface area contributed by atoms with Crippen LogP contribution < -0.4 is 10.2 Å². The Bertz CT molecular complexity index is 1110. The summed E-state index contributed by atoms with van der Waals surface area (Å²) in [4.78, 5) is 12.6. The van der Waals surface area contributed by atoms with Gasteiger partial charge in [0.05, 0.1) is 5.69 Å². The van der Waals surface area contributed by atoms with E-state index in [1.165, 1.54) is 30.5 Å². The molecule has 2 aromatic carbocycles. The Morgan fingerprint density at radius 1 is 1.03 bits per heavy atom. The number of aromatic nitrogens is 2. The summed E-state index contributed by atoms with van der Waals surface area (Å²) in [6.45, 7) is 4.29. The van der Waals surface area contributed by atoms with Crippen LogP contribution in [0.15, 0.2) is 36.4 Å². The summed E-state index contributed by atoms with van der Waals surface area (Å²) in [5, 5.41) is 16.0. The topological polar surface area (TPSA) is 61.3 Å². The van der Waals surface area contributed by atoms with Gasteiger partial charge in [-0.25, -0.2) is 9.97 Å². The first-order valence-electron chi connectivity index (χ1n) is 10.8. The number of anilines is 1. The van der Waals surface area contributed by atoms with Gasteiger partial charge in [-0.1, -0.05) is 24.3 Å². The number of hydrogen-bond donors (Lipinski definition) is 2. The van der Waals surface area contributed by atoms with Crippen molar-refractivity contribution in [2.45, 2.75) is 32.1 Å². The first-order valence-corrected chi connectivity index (χ1v) is 10.8. The number of aryl methyl sites for hydroxylation is 1. The summed E-state index contributed by atoms with van der Waals surface area (Å²) < 4.78 is 0. The lowest BCUT2D eigenvalue weighted by atomic mass is 9.81. The minimum absolute atomic E-state index is 0. The smallest absolute Gasteiger partial charge is 0.226 e. The van der Waals surface area contributed by atoms with Gasteiger partial charge in [-0.3, -0.25) is 0 Å². The van der Waals surface area contributed by atoms with Crippen LogP contribution in [0.2, 0.25) is 0 Å². The number of halogens is 1. The molecule has 2 aliphatic heterocycles. The summed E-state index contributed by atoms with van der Waals surface area (Å²) in [5.41, 5.74) is 4.94. The maximum atomic E-state index is 10.4. The quantitative estimate of drug-likeness (QED) is 0.651. The van der Waals surface area contributed by atoms with E-state index in [0.29, 0.717) is 11.2 Å². The lowest BCUT2D eigenvalue weighted by molar-refractivity contribution is 0.199. The van der Waals surface area contributed by atoms with E-state index in [0.717, 1.165) is 67.0 Å². The van der Waals surface area contributed by atoms with Crippen LogP contribution in [0.4, 0.5) is 5.95 Å². The van der Waals surface area contributed by atoms with Gasteiger partial charge in [-0.15, -0.1) is 12.4 Å². The number of benzene rings is 2. The van der Waals surface area contributed by atoms with Gasteiger partial charge in [-0.2, -0.15) is 0 Å². The summed E-state index contributed by atoms with van der Waals surface area (Å²) in [7, 11) is 0. The number of nitrogens with one attached hydrogen (secondary N) is 1. The lowest BCUT2D eigenvalue weighted by Crippen LogP contribution is -2.54. The zero-order chi connectivity index (χ0) is 19.4. The van der Waals surface area contributed by atoms with Crippen LogP contribution in [0.5, 0.6) is 5.75 Å². The van der Waals surface area contributed by atoms with E-state index in [1.54, 1.807) is 0 Å². The molecule has 0 radical (unpaired) electrons. The number of aromatic hydroxyl groups is 1. The molecule has 156 valence electrons. The summed E-state index contributed by atoms with van der Waals surface area (Å²) in [6, 6.07) is 12.0. The van der Waals surface area contributed by atoms with Gasteiger partial charge in [0.1, 0.15) is 5.75 Å². The Balaban J connectivity index is 0.00000193. The Hall–Kier alpha value is -2.37. The minimum atomic E-state index is 0. The van der Waals surface area contributed by atoms with E-state index < -0.39 is 0 Å². The van der Waals surface area contributed by atoms with Crippen LogP contribution in [-0.2, 0) is 12.8 Å². The second kappa shape index (κ2) is 7.40. The van der Waals surface area contributed by atoms with E-state index in [1.807, 2.05) is 18.2 Å². The van der Waals surface area contributed by atoms with Crippen LogP contribution >= 0.6 is 12.4 Å². The van der Waals surface area contributed by atoms with Gasteiger partial charge in [0, 0.05) is 48.4 Å². The van der Waals surface area contributed by atoms with E-state index in [4.69, 9.17) is 9.97 Å². The zero-order valence-electron chi connectivity index (χ0n) is 17.0. The van der Waals surface area contributed by atoms with Crippen LogP contribution in [0, 0.1) is 5.41 Å². The third-order valence-corrected chi connectivity index (χ3v) is 6.99. The molecular formula is C24H27ClN4O. The van der Waals surface area contributed by atoms with Crippen molar-refractivity contribution >= 4 is 29.1 Å². The molecule has 5 nitrogen and oxygen atoms in total. The monoisotopic (exact) mass is 422 g/mol. The van der Waals surface area contributed by atoms with Crippen LogP contribution in [0.3, 0.4) is 0 Å². The van der Waals surface area contributed by atoms with Gasteiger partial charge in [0.2, 0.25) is 5.95 Å². The molecule has 1 aliphatic carbocycles. The average molecular weight is 423 g/mol. The van der Waals surface area contributed by atoms with E-state index in [9.17, 15) is 5.11 Å². The summed E-state index contributed by atoms with van der Waals surface area (Å²) >= 11 is 0. The summed E-state index contributed by atoms with van der Waals surface area (Å²) in [5.74, 6) is 1.17. The van der Waals surface area contributed by atoms with Gasteiger partial charge >= 0.3 is 0 Å². The standard InChI is InChI=1S/C24H26N4O.ClH/c29-17-11-16-5-1-2-6-18(16)20(12-17)22-19-7-3-4-8-21(19)26-23(27-22)28-10-9-24(15-28)13-25-14-24;/h1-2,5-6,11-12,25,29H,3-4,7-10,13-15H2;1H. The molecule has 3 heterocycles. The molecule has 6 rings (SSSR count). The molecule has 1 aromatic heterocycles. The van der Waals surface area contributed by atoms with Crippen molar-refractivity contribution in [3.8, 4) is 17.0 Å². The number of phenolic OH excluding ortho intramolecular Hbond substituents is 1. The molecular weight excluding hydrogens is 396 g/mol. The fourth-order valence-electron chi connectivity index (χ4n) is 5.31. The predicted octanol–water partition coefficient (Wildman–Crippen LogP) is 4.10. The molecule has 2 saturated heterocycles. The molecule has 2 N–H and O–H groups in total. The molecule has 3 aliphatic rings.